The fourth-order valence-corrected chi connectivity index (χ4v) is 1.68. The second-order valence-corrected chi connectivity index (χ2v) is 3.40. The van der Waals surface area contributed by atoms with Crippen LogP contribution in [0.15, 0.2) is 0 Å². The molecule has 0 aromatic heterocycles. The monoisotopic (exact) mass is 162 g/mol. The highest BCUT2D eigenvalue weighted by molar-refractivity contribution is 8.00. The smallest absolute Gasteiger partial charge is 0.319 e. The summed E-state index contributed by atoms with van der Waals surface area (Å²) in [6.45, 7) is 3.82. The molecule has 0 aliphatic carbocycles. The number of carboxylic acids is 1. The number of carboxylic acid groups (broad SMARTS) is 1. The van der Waals surface area contributed by atoms with Gasteiger partial charge in [0, 0.05) is 0 Å². The maximum absolute atomic E-state index is 10.7. The first-order chi connectivity index (χ1) is 4.63. The summed E-state index contributed by atoms with van der Waals surface area (Å²) in [7, 11) is 0. The third-order valence-electron chi connectivity index (χ3n) is 1.92. The van der Waals surface area contributed by atoms with Crippen LogP contribution in [0.4, 0.5) is 0 Å². The van der Waals surface area contributed by atoms with E-state index in [1.807, 2.05) is 20.1 Å². The van der Waals surface area contributed by atoms with E-state index in [9.17, 15) is 4.79 Å². The van der Waals surface area contributed by atoms with E-state index in [4.69, 9.17) is 5.11 Å². The number of aliphatic carboxylic acids is 1. The lowest BCUT2D eigenvalue weighted by Gasteiger charge is -2.23. The zero-order chi connectivity index (χ0) is 8.20. The van der Waals surface area contributed by atoms with Crippen LogP contribution in [-0.2, 0) is 4.79 Å². The zero-order valence-electron chi connectivity index (χ0n) is 6.68. The molecule has 3 heteroatoms. The average Bonchev–Trinajstić information content (AvgIpc) is 1.92. The standard InChI is InChI=1S/C7H14O2S/c1-4-7(5-2,10-3)6(8)9/h4-5H2,1-3H3,(H,8,9). The van der Waals surface area contributed by atoms with Gasteiger partial charge in [-0.15, -0.1) is 11.8 Å². The first kappa shape index (κ1) is 9.82. The summed E-state index contributed by atoms with van der Waals surface area (Å²) in [5.74, 6) is -0.690. The van der Waals surface area contributed by atoms with E-state index in [1.54, 1.807) is 0 Å². The highest BCUT2D eigenvalue weighted by Gasteiger charge is 2.33. The molecule has 0 bridgehead atoms. The first-order valence-electron chi connectivity index (χ1n) is 3.41. The van der Waals surface area contributed by atoms with Gasteiger partial charge in [-0.05, 0) is 19.1 Å². The van der Waals surface area contributed by atoms with Crippen molar-refractivity contribution in [2.45, 2.75) is 31.4 Å². The quantitative estimate of drug-likeness (QED) is 0.687. The molecule has 0 aliphatic heterocycles. The van der Waals surface area contributed by atoms with Gasteiger partial charge in [0.15, 0.2) is 0 Å². The molecular formula is C7H14O2S. The second-order valence-electron chi connectivity index (χ2n) is 2.21. The average molecular weight is 162 g/mol. The molecule has 0 aromatic carbocycles. The number of hydrogen-bond donors (Lipinski definition) is 1. The lowest BCUT2D eigenvalue weighted by atomic mass is 10.0. The van der Waals surface area contributed by atoms with Gasteiger partial charge in [0.25, 0.3) is 0 Å². The summed E-state index contributed by atoms with van der Waals surface area (Å²) < 4.78 is -0.542. The molecular weight excluding hydrogens is 148 g/mol. The van der Waals surface area contributed by atoms with E-state index in [1.165, 1.54) is 11.8 Å². The number of thioether (sulfide) groups is 1. The van der Waals surface area contributed by atoms with Crippen molar-refractivity contribution < 1.29 is 9.90 Å². The minimum atomic E-state index is -0.690. The fourth-order valence-electron chi connectivity index (χ4n) is 0.928. The molecule has 0 amide bonds. The van der Waals surface area contributed by atoms with Crippen molar-refractivity contribution in [3.63, 3.8) is 0 Å². The Bertz CT molecular complexity index is 111. The molecule has 0 aromatic rings. The molecule has 0 radical (unpaired) electrons. The molecule has 0 unspecified atom stereocenters. The van der Waals surface area contributed by atoms with Gasteiger partial charge in [-0.2, -0.15) is 0 Å². The Morgan fingerprint density at radius 1 is 1.50 bits per heavy atom. The van der Waals surface area contributed by atoms with Crippen LogP contribution in [0.25, 0.3) is 0 Å². The zero-order valence-corrected chi connectivity index (χ0v) is 7.49. The van der Waals surface area contributed by atoms with Gasteiger partial charge in [-0.1, -0.05) is 13.8 Å². The molecule has 0 saturated heterocycles. The molecule has 0 saturated carbocycles. The molecule has 0 rings (SSSR count). The summed E-state index contributed by atoms with van der Waals surface area (Å²) >= 11 is 1.43. The molecule has 0 atom stereocenters. The Kier molecular flexibility index (Phi) is 3.79. The van der Waals surface area contributed by atoms with E-state index in [2.05, 4.69) is 0 Å². The van der Waals surface area contributed by atoms with Gasteiger partial charge in [0.2, 0.25) is 0 Å². The van der Waals surface area contributed by atoms with Crippen LogP contribution in [0, 0.1) is 0 Å². The number of rotatable bonds is 4. The Morgan fingerprint density at radius 2 is 1.90 bits per heavy atom. The molecule has 2 nitrogen and oxygen atoms in total. The topological polar surface area (TPSA) is 37.3 Å². The van der Waals surface area contributed by atoms with E-state index in [0.29, 0.717) is 12.8 Å². The summed E-state index contributed by atoms with van der Waals surface area (Å²) in [5.41, 5.74) is 0. The van der Waals surface area contributed by atoms with Crippen LogP contribution in [0.5, 0.6) is 0 Å². The SMILES string of the molecule is CCC(CC)(SC)C(=O)O. The Morgan fingerprint density at radius 3 is 1.90 bits per heavy atom. The lowest BCUT2D eigenvalue weighted by molar-refractivity contribution is -0.140. The molecule has 0 fully saturated rings. The molecule has 1 N–H and O–H groups in total. The van der Waals surface area contributed by atoms with E-state index in [0.717, 1.165) is 0 Å². The van der Waals surface area contributed by atoms with Gasteiger partial charge in [0.1, 0.15) is 4.75 Å². The summed E-state index contributed by atoms with van der Waals surface area (Å²) in [6.07, 6.45) is 3.24. The third kappa shape index (κ3) is 1.66. The highest BCUT2D eigenvalue weighted by Crippen LogP contribution is 2.30. The Hall–Kier alpha value is -0.180. The maximum Gasteiger partial charge on any atom is 0.319 e. The van der Waals surface area contributed by atoms with Crippen LogP contribution >= 0.6 is 11.8 Å². The second kappa shape index (κ2) is 3.86. The Labute approximate surface area is 66.0 Å². The molecule has 0 heterocycles. The van der Waals surface area contributed by atoms with Gasteiger partial charge < -0.3 is 5.11 Å². The van der Waals surface area contributed by atoms with Crippen LogP contribution in [0.2, 0.25) is 0 Å². The van der Waals surface area contributed by atoms with Crippen molar-refractivity contribution in [2.75, 3.05) is 6.26 Å². The van der Waals surface area contributed by atoms with Gasteiger partial charge >= 0.3 is 5.97 Å². The number of hydrogen-bond acceptors (Lipinski definition) is 2. The van der Waals surface area contributed by atoms with Gasteiger partial charge in [-0.25, -0.2) is 0 Å². The first-order valence-corrected chi connectivity index (χ1v) is 4.64. The number of carbonyl (C=O) groups is 1. The van der Waals surface area contributed by atoms with E-state index >= 15 is 0 Å². The predicted molar refractivity (Wildman–Crippen MR) is 44.5 cm³/mol. The van der Waals surface area contributed by atoms with Crippen LogP contribution in [-0.4, -0.2) is 22.1 Å². The fraction of sp³-hybridized carbons (Fsp3) is 0.857. The van der Waals surface area contributed by atoms with Crippen LogP contribution in [0.1, 0.15) is 26.7 Å². The molecule has 60 valence electrons. The lowest BCUT2D eigenvalue weighted by Crippen LogP contribution is -2.33. The summed E-state index contributed by atoms with van der Waals surface area (Å²) in [4.78, 5) is 10.7. The molecule has 0 aliphatic rings. The molecule has 0 spiro atoms. The predicted octanol–water partition coefficient (Wildman–Crippen LogP) is 1.99. The Balaban J connectivity index is 4.31. The van der Waals surface area contributed by atoms with Crippen molar-refractivity contribution in [1.82, 2.24) is 0 Å². The van der Waals surface area contributed by atoms with Crippen molar-refractivity contribution in [3.05, 3.63) is 0 Å². The highest BCUT2D eigenvalue weighted by atomic mass is 32.2. The third-order valence-corrected chi connectivity index (χ3v) is 3.46. The van der Waals surface area contributed by atoms with E-state index in [-0.39, 0.29) is 0 Å². The van der Waals surface area contributed by atoms with Gasteiger partial charge in [-0.3, -0.25) is 4.79 Å². The minimum Gasteiger partial charge on any atom is -0.480 e. The molecule has 10 heavy (non-hydrogen) atoms. The summed E-state index contributed by atoms with van der Waals surface area (Å²) in [6, 6.07) is 0. The normalized spacial score (nSPS) is 11.5. The van der Waals surface area contributed by atoms with Crippen molar-refractivity contribution in [1.29, 1.82) is 0 Å². The summed E-state index contributed by atoms with van der Waals surface area (Å²) in [5, 5.41) is 8.80. The van der Waals surface area contributed by atoms with E-state index < -0.39 is 10.7 Å². The maximum atomic E-state index is 10.7. The van der Waals surface area contributed by atoms with Crippen LogP contribution < -0.4 is 0 Å². The van der Waals surface area contributed by atoms with Gasteiger partial charge in [0.05, 0.1) is 0 Å². The largest absolute Gasteiger partial charge is 0.480 e. The minimum absolute atomic E-state index is 0.542. The van der Waals surface area contributed by atoms with Crippen molar-refractivity contribution >= 4 is 17.7 Å². The van der Waals surface area contributed by atoms with Crippen molar-refractivity contribution in [2.24, 2.45) is 0 Å². The van der Waals surface area contributed by atoms with Crippen LogP contribution in [0.3, 0.4) is 0 Å². The van der Waals surface area contributed by atoms with Crippen molar-refractivity contribution in [3.8, 4) is 0 Å².